The first-order valence-corrected chi connectivity index (χ1v) is 10.6. The van der Waals surface area contributed by atoms with Crippen LogP contribution in [0.25, 0.3) is 0 Å². The topological polar surface area (TPSA) is 74.6 Å². The third kappa shape index (κ3) is 2.97. The molecular weight excluding hydrogens is 378 g/mol. The summed E-state index contributed by atoms with van der Waals surface area (Å²) in [6, 6.07) is 0. The van der Waals surface area contributed by atoms with E-state index in [2.05, 4.69) is 0 Å². The first-order chi connectivity index (χ1) is 13.5. The van der Waals surface area contributed by atoms with E-state index in [0.717, 1.165) is 0 Å². The summed E-state index contributed by atoms with van der Waals surface area (Å²) in [5, 5.41) is 20.1. The lowest BCUT2D eigenvalue weighted by Gasteiger charge is -2.64. The zero-order chi connectivity index (χ0) is 21.8. The molecule has 0 heterocycles. The van der Waals surface area contributed by atoms with Crippen molar-refractivity contribution in [1.29, 1.82) is 0 Å². The molecule has 0 aromatic heterocycles. The van der Waals surface area contributed by atoms with Gasteiger partial charge in [-0.1, -0.05) is 33.3 Å². The second kappa shape index (κ2) is 7.38. The van der Waals surface area contributed by atoms with Crippen LogP contribution in [0.3, 0.4) is 0 Å². The Kier molecular flexibility index (Phi) is 5.67. The van der Waals surface area contributed by atoms with Crippen molar-refractivity contribution < 1.29 is 28.6 Å². The van der Waals surface area contributed by atoms with Crippen molar-refractivity contribution in [3.63, 3.8) is 0 Å². The SMILES string of the molecule is CCC[C@H]1[C@@H]2C[C@H](F)C3=CC(=O)C=C[C@]3(C)[C@@]2(F)[C@@H](C)C[C@]1(C)[C@@H](O)C(=O)CO. The summed E-state index contributed by atoms with van der Waals surface area (Å²) in [5.41, 5.74) is -3.82. The van der Waals surface area contributed by atoms with Crippen molar-refractivity contribution in [2.24, 2.45) is 28.6 Å². The van der Waals surface area contributed by atoms with Gasteiger partial charge in [-0.15, -0.1) is 0 Å². The average Bonchev–Trinajstić information content (AvgIpc) is 2.68. The Balaban J connectivity index is 2.15. The first kappa shape index (κ1) is 22.3. The second-order valence-corrected chi connectivity index (χ2v) is 9.65. The first-order valence-electron chi connectivity index (χ1n) is 10.6. The molecule has 3 aliphatic carbocycles. The van der Waals surface area contributed by atoms with Crippen molar-refractivity contribution in [1.82, 2.24) is 0 Å². The van der Waals surface area contributed by atoms with Gasteiger partial charge in [0.15, 0.2) is 11.6 Å². The molecule has 8 atom stereocenters. The van der Waals surface area contributed by atoms with Gasteiger partial charge >= 0.3 is 0 Å². The Labute approximate surface area is 171 Å². The summed E-state index contributed by atoms with van der Waals surface area (Å²) in [7, 11) is 0. The van der Waals surface area contributed by atoms with E-state index in [1.807, 2.05) is 6.92 Å². The molecule has 3 rings (SSSR count). The molecule has 2 fully saturated rings. The number of hydrogen-bond donors (Lipinski definition) is 2. The molecule has 0 bridgehead atoms. The Hall–Kier alpha value is -1.40. The Morgan fingerprint density at radius 2 is 2.03 bits per heavy atom. The van der Waals surface area contributed by atoms with Crippen molar-refractivity contribution in [3.05, 3.63) is 23.8 Å². The van der Waals surface area contributed by atoms with Crippen molar-refractivity contribution >= 4 is 11.6 Å². The van der Waals surface area contributed by atoms with Crippen molar-refractivity contribution in [3.8, 4) is 0 Å². The van der Waals surface area contributed by atoms with Crippen molar-refractivity contribution in [2.45, 2.75) is 71.3 Å². The minimum Gasteiger partial charge on any atom is -0.388 e. The fourth-order valence-corrected chi connectivity index (χ4v) is 6.73. The highest BCUT2D eigenvalue weighted by Crippen LogP contribution is 2.67. The van der Waals surface area contributed by atoms with E-state index in [4.69, 9.17) is 0 Å². The zero-order valence-corrected chi connectivity index (χ0v) is 17.6. The number of rotatable bonds is 5. The number of carbonyl (C=O) groups excluding carboxylic acids is 2. The molecule has 29 heavy (non-hydrogen) atoms. The second-order valence-electron chi connectivity index (χ2n) is 9.65. The molecule has 0 aliphatic heterocycles. The molecule has 0 aromatic rings. The van der Waals surface area contributed by atoms with Crippen molar-refractivity contribution in [2.75, 3.05) is 6.61 Å². The normalized spacial score (nSPS) is 45.2. The molecule has 0 amide bonds. The average molecular weight is 411 g/mol. The van der Waals surface area contributed by atoms with E-state index in [1.165, 1.54) is 18.2 Å². The summed E-state index contributed by atoms with van der Waals surface area (Å²) < 4.78 is 32.4. The van der Waals surface area contributed by atoms with Crippen LogP contribution in [-0.2, 0) is 9.59 Å². The minimum atomic E-state index is -1.81. The van der Waals surface area contributed by atoms with Crippen LogP contribution in [-0.4, -0.2) is 46.3 Å². The van der Waals surface area contributed by atoms with Crippen LogP contribution in [0, 0.1) is 28.6 Å². The van der Waals surface area contributed by atoms with Crippen LogP contribution in [0.4, 0.5) is 8.78 Å². The molecule has 0 radical (unpaired) electrons. The van der Waals surface area contributed by atoms with Gasteiger partial charge in [0.1, 0.15) is 24.6 Å². The maximum absolute atomic E-state index is 17.1. The van der Waals surface area contributed by atoms with Gasteiger partial charge in [0.25, 0.3) is 0 Å². The van der Waals surface area contributed by atoms with Gasteiger partial charge in [-0.3, -0.25) is 9.59 Å². The number of aliphatic hydroxyl groups is 2. The fraction of sp³-hybridized carbons (Fsp3) is 0.739. The molecule has 162 valence electrons. The molecule has 2 saturated carbocycles. The number of Topliss-reactive ketones (excluding diaryl/α,β-unsaturated/α-hetero) is 1. The highest BCUT2D eigenvalue weighted by Gasteiger charge is 2.69. The maximum atomic E-state index is 17.1. The Morgan fingerprint density at radius 1 is 1.38 bits per heavy atom. The summed E-state index contributed by atoms with van der Waals surface area (Å²) in [6.07, 6.45) is 2.58. The molecule has 3 aliphatic rings. The summed E-state index contributed by atoms with van der Waals surface area (Å²) in [4.78, 5) is 24.1. The van der Waals surface area contributed by atoms with Gasteiger partial charge < -0.3 is 10.2 Å². The number of aliphatic hydroxyl groups excluding tert-OH is 2. The maximum Gasteiger partial charge on any atom is 0.187 e. The fourth-order valence-electron chi connectivity index (χ4n) is 6.73. The Morgan fingerprint density at radius 3 is 2.62 bits per heavy atom. The lowest BCUT2D eigenvalue weighted by Crippen LogP contribution is -2.67. The van der Waals surface area contributed by atoms with Gasteiger partial charge in [-0.25, -0.2) is 8.78 Å². The summed E-state index contributed by atoms with van der Waals surface area (Å²) in [5.74, 6) is -2.74. The minimum absolute atomic E-state index is 0.0797. The van der Waals surface area contributed by atoms with Crippen LogP contribution in [0.5, 0.6) is 0 Å². The number of fused-ring (bicyclic) bond motifs is 3. The van der Waals surface area contributed by atoms with Crippen LogP contribution in [0.2, 0.25) is 0 Å². The predicted octanol–water partition coefficient (Wildman–Crippen LogP) is 3.51. The lowest BCUT2D eigenvalue weighted by atomic mass is 9.42. The van der Waals surface area contributed by atoms with E-state index >= 15 is 8.78 Å². The van der Waals surface area contributed by atoms with Gasteiger partial charge in [0.05, 0.1) is 0 Å². The number of halogens is 2. The number of alkyl halides is 2. The van der Waals surface area contributed by atoms with E-state index in [9.17, 15) is 19.8 Å². The van der Waals surface area contributed by atoms with Crippen LogP contribution in [0.1, 0.15) is 53.4 Å². The molecule has 0 unspecified atom stereocenters. The zero-order valence-electron chi connectivity index (χ0n) is 17.6. The number of allylic oxidation sites excluding steroid dienone is 4. The van der Waals surface area contributed by atoms with E-state index in [-0.39, 0.29) is 24.2 Å². The van der Waals surface area contributed by atoms with Crippen LogP contribution in [0.15, 0.2) is 23.8 Å². The molecule has 4 nitrogen and oxygen atoms in total. The third-order valence-corrected chi connectivity index (χ3v) is 8.09. The molecule has 0 aromatic carbocycles. The molecular formula is C23H32F2O4. The summed E-state index contributed by atoms with van der Waals surface area (Å²) >= 11 is 0. The highest BCUT2D eigenvalue weighted by molar-refractivity contribution is 6.01. The lowest BCUT2D eigenvalue weighted by molar-refractivity contribution is -0.197. The van der Waals surface area contributed by atoms with Gasteiger partial charge in [0.2, 0.25) is 0 Å². The monoisotopic (exact) mass is 410 g/mol. The molecule has 2 N–H and O–H groups in total. The number of ketones is 2. The molecule has 6 heteroatoms. The van der Waals surface area contributed by atoms with E-state index < -0.39 is 58.9 Å². The van der Waals surface area contributed by atoms with Crippen LogP contribution < -0.4 is 0 Å². The van der Waals surface area contributed by atoms with Gasteiger partial charge in [-0.2, -0.15) is 0 Å². The van der Waals surface area contributed by atoms with E-state index in [0.29, 0.717) is 12.8 Å². The summed E-state index contributed by atoms with van der Waals surface area (Å²) in [6.45, 7) is 6.34. The van der Waals surface area contributed by atoms with Gasteiger partial charge in [0, 0.05) is 16.7 Å². The quantitative estimate of drug-likeness (QED) is 0.727. The van der Waals surface area contributed by atoms with Gasteiger partial charge in [-0.05, 0) is 55.7 Å². The highest BCUT2D eigenvalue weighted by atomic mass is 19.1. The predicted molar refractivity (Wildman–Crippen MR) is 106 cm³/mol. The molecule has 0 spiro atoms. The Bertz CT molecular complexity index is 762. The molecule has 0 saturated heterocycles. The number of hydrogen-bond acceptors (Lipinski definition) is 4. The smallest absolute Gasteiger partial charge is 0.187 e. The third-order valence-electron chi connectivity index (χ3n) is 8.09. The number of carbonyl (C=O) groups is 2. The van der Waals surface area contributed by atoms with Crippen LogP contribution >= 0.6 is 0 Å². The standard InChI is InChI=1S/C23H32F2O4/c1-5-6-15-16-10-18(24)17-9-14(27)7-8-22(17,4)23(16,25)13(2)11-21(15,3)20(29)19(28)12-26/h7-9,13,15-16,18,20,26,29H,5-6,10-12H2,1-4H3/t13-,15-,16-,18-,20-,21-,22-,23+/m0/s1. The van der Waals surface area contributed by atoms with E-state index in [1.54, 1.807) is 20.8 Å². The largest absolute Gasteiger partial charge is 0.388 e.